The summed E-state index contributed by atoms with van der Waals surface area (Å²) in [4.78, 5) is 16.3. The van der Waals surface area contributed by atoms with Gasteiger partial charge in [0.15, 0.2) is 0 Å². The van der Waals surface area contributed by atoms with Gasteiger partial charge in [-0.1, -0.05) is 12.1 Å². The molecule has 4 rings (SSSR count). The van der Waals surface area contributed by atoms with Crippen molar-refractivity contribution in [2.75, 3.05) is 4.72 Å². The van der Waals surface area contributed by atoms with E-state index in [4.69, 9.17) is 0 Å². The molecule has 0 bridgehead atoms. The van der Waals surface area contributed by atoms with Crippen LogP contribution in [-0.4, -0.2) is 18.0 Å². The second-order valence-corrected chi connectivity index (χ2v) is 8.31. The quantitative estimate of drug-likeness (QED) is 0.517. The molecule has 10 heteroatoms. The molecule has 0 aliphatic heterocycles. The molecule has 6 nitrogen and oxygen atoms in total. The van der Waals surface area contributed by atoms with Gasteiger partial charge in [0.1, 0.15) is 28.2 Å². The Labute approximate surface area is 174 Å². The highest BCUT2D eigenvalue weighted by molar-refractivity contribution is 7.92. The average molecular weight is 445 g/mol. The average Bonchev–Trinajstić information content (AvgIpc) is 2.72. The van der Waals surface area contributed by atoms with Crippen LogP contribution >= 0.6 is 0 Å². The van der Waals surface area contributed by atoms with E-state index in [1.165, 1.54) is 10.6 Å². The fourth-order valence-electron chi connectivity index (χ4n) is 3.16. The Morgan fingerprint density at radius 2 is 1.65 bits per heavy atom. The zero-order valence-corrected chi connectivity index (χ0v) is 16.8. The van der Waals surface area contributed by atoms with Gasteiger partial charge in [0.2, 0.25) is 0 Å². The number of sulfonamides is 1. The van der Waals surface area contributed by atoms with E-state index in [0.29, 0.717) is 28.9 Å². The van der Waals surface area contributed by atoms with Gasteiger partial charge >= 0.3 is 0 Å². The lowest BCUT2D eigenvalue weighted by molar-refractivity contribution is 0.555. The summed E-state index contributed by atoms with van der Waals surface area (Å²) < 4.78 is 69.9. The minimum atomic E-state index is -4.65. The fourth-order valence-corrected chi connectivity index (χ4v) is 4.31. The smallest absolute Gasteiger partial charge is 0.265 e. The van der Waals surface area contributed by atoms with Crippen molar-refractivity contribution >= 4 is 26.6 Å². The first-order chi connectivity index (χ1) is 14.7. The SMILES string of the molecule is Cc1nc2ccccc2c(=O)n1-c1ccc(F)c(NS(=O)(=O)c2cc(F)ccc2F)c1. The molecule has 0 aliphatic rings. The number of hydrogen-bond donors (Lipinski definition) is 1. The number of anilines is 1. The zero-order valence-electron chi connectivity index (χ0n) is 15.9. The Balaban J connectivity index is 1.83. The van der Waals surface area contributed by atoms with E-state index < -0.39 is 43.6 Å². The Hall–Kier alpha value is -3.66. The summed E-state index contributed by atoms with van der Waals surface area (Å²) in [6, 6.07) is 11.9. The highest BCUT2D eigenvalue weighted by Gasteiger charge is 2.22. The minimum Gasteiger partial charge on any atom is -0.276 e. The van der Waals surface area contributed by atoms with E-state index in [-0.39, 0.29) is 5.69 Å². The highest BCUT2D eigenvalue weighted by Crippen LogP contribution is 2.24. The van der Waals surface area contributed by atoms with Gasteiger partial charge in [-0.15, -0.1) is 0 Å². The number of rotatable bonds is 4. The third kappa shape index (κ3) is 3.77. The van der Waals surface area contributed by atoms with Crippen LogP contribution in [0, 0.1) is 24.4 Å². The Bertz CT molecular complexity index is 1500. The van der Waals surface area contributed by atoms with Gasteiger partial charge in [-0.25, -0.2) is 26.6 Å². The van der Waals surface area contributed by atoms with Gasteiger partial charge < -0.3 is 0 Å². The summed E-state index contributed by atoms with van der Waals surface area (Å²) in [5, 5.41) is 0.321. The number of nitrogens with one attached hydrogen (secondary N) is 1. The topological polar surface area (TPSA) is 81.1 Å². The van der Waals surface area contributed by atoms with Crippen LogP contribution in [0.2, 0.25) is 0 Å². The molecule has 0 amide bonds. The van der Waals surface area contributed by atoms with E-state index in [1.54, 1.807) is 31.2 Å². The first kappa shape index (κ1) is 20.6. The predicted octanol–water partition coefficient (Wildman–Crippen LogP) is 3.91. The molecular formula is C21H14F3N3O3S. The summed E-state index contributed by atoms with van der Waals surface area (Å²) in [5.74, 6) is -2.85. The van der Waals surface area contributed by atoms with E-state index in [1.807, 2.05) is 4.72 Å². The van der Waals surface area contributed by atoms with Crippen molar-refractivity contribution in [1.82, 2.24) is 9.55 Å². The van der Waals surface area contributed by atoms with Crippen molar-refractivity contribution in [3.8, 4) is 5.69 Å². The monoisotopic (exact) mass is 445 g/mol. The molecule has 1 N–H and O–H groups in total. The third-order valence-electron chi connectivity index (χ3n) is 4.58. The van der Waals surface area contributed by atoms with Crippen LogP contribution in [0.25, 0.3) is 16.6 Å². The number of aromatic nitrogens is 2. The molecule has 0 saturated carbocycles. The second kappa shape index (κ2) is 7.55. The molecule has 0 fully saturated rings. The third-order valence-corrected chi connectivity index (χ3v) is 5.96. The van der Waals surface area contributed by atoms with E-state index in [0.717, 1.165) is 18.2 Å². The van der Waals surface area contributed by atoms with Gasteiger partial charge in [-0.2, -0.15) is 0 Å². The Morgan fingerprint density at radius 1 is 0.935 bits per heavy atom. The van der Waals surface area contributed by atoms with Crippen LogP contribution in [0.5, 0.6) is 0 Å². The number of para-hydroxylation sites is 1. The summed E-state index contributed by atoms with van der Waals surface area (Å²) >= 11 is 0. The Kier molecular flexibility index (Phi) is 5.02. The Morgan fingerprint density at radius 3 is 2.42 bits per heavy atom. The highest BCUT2D eigenvalue weighted by atomic mass is 32.2. The minimum absolute atomic E-state index is 0.138. The number of benzene rings is 3. The number of halogens is 3. The van der Waals surface area contributed by atoms with Gasteiger partial charge in [-0.05, 0) is 55.5 Å². The van der Waals surface area contributed by atoms with Gasteiger partial charge in [0.05, 0.1) is 22.3 Å². The first-order valence-corrected chi connectivity index (χ1v) is 10.4. The molecule has 31 heavy (non-hydrogen) atoms. The maximum Gasteiger partial charge on any atom is 0.265 e. The van der Waals surface area contributed by atoms with Crippen molar-refractivity contribution in [2.45, 2.75) is 11.8 Å². The summed E-state index contributed by atoms with van der Waals surface area (Å²) in [6.45, 7) is 1.57. The largest absolute Gasteiger partial charge is 0.276 e. The lowest BCUT2D eigenvalue weighted by Gasteiger charge is -2.14. The molecule has 0 aliphatic carbocycles. The zero-order chi connectivity index (χ0) is 22.3. The molecule has 0 radical (unpaired) electrons. The van der Waals surface area contributed by atoms with Crippen molar-refractivity contribution in [3.63, 3.8) is 0 Å². The molecule has 0 unspecified atom stereocenters. The van der Waals surface area contributed by atoms with Crippen LogP contribution in [-0.2, 0) is 10.0 Å². The normalized spacial score (nSPS) is 11.6. The van der Waals surface area contributed by atoms with E-state index >= 15 is 0 Å². The molecule has 3 aromatic carbocycles. The standard InChI is InChI=1S/C21H14F3N3O3S/c1-12-25-18-5-3-2-4-15(18)21(28)27(12)14-7-9-16(23)19(11-14)26-31(29,30)20-10-13(22)6-8-17(20)24/h2-11,26H,1H3. The van der Waals surface area contributed by atoms with Crippen LogP contribution in [0.1, 0.15) is 5.82 Å². The summed E-state index contributed by atoms with van der Waals surface area (Å²) in [5.41, 5.74) is -0.356. The molecule has 4 aromatic rings. The van der Waals surface area contributed by atoms with Gasteiger partial charge in [0, 0.05) is 0 Å². The molecule has 0 atom stereocenters. The maximum absolute atomic E-state index is 14.4. The van der Waals surface area contributed by atoms with Crippen molar-refractivity contribution < 1.29 is 21.6 Å². The van der Waals surface area contributed by atoms with E-state index in [9.17, 15) is 26.4 Å². The van der Waals surface area contributed by atoms with Gasteiger partial charge in [0.25, 0.3) is 15.6 Å². The predicted molar refractivity (Wildman–Crippen MR) is 109 cm³/mol. The molecular weight excluding hydrogens is 431 g/mol. The number of nitrogens with zero attached hydrogens (tertiary/aromatic N) is 2. The summed E-state index contributed by atoms with van der Waals surface area (Å²) in [7, 11) is -4.65. The fraction of sp³-hybridized carbons (Fsp3) is 0.0476. The maximum atomic E-state index is 14.4. The van der Waals surface area contributed by atoms with Crippen molar-refractivity contribution in [2.24, 2.45) is 0 Å². The summed E-state index contributed by atoms with van der Waals surface area (Å²) in [6.07, 6.45) is 0. The van der Waals surface area contributed by atoms with E-state index in [2.05, 4.69) is 4.98 Å². The van der Waals surface area contributed by atoms with Crippen molar-refractivity contribution in [3.05, 3.63) is 94.3 Å². The molecule has 1 aromatic heterocycles. The lowest BCUT2D eigenvalue weighted by Crippen LogP contribution is -2.23. The van der Waals surface area contributed by atoms with Crippen LogP contribution in [0.15, 0.2) is 70.4 Å². The van der Waals surface area contributed by atoms with Gasteiger partial charge in [-0.3, -0.25) is 14.1 Å². The molecule has 0 saturated heterocycles. The lowest BCUT2D eigenvalue weighted by atomic mass is 10.2. The van der Waals surface area contributed by atoms with Crippen molar-refractivity contribution in [1.29, 1.82) is 0 Å². The first-order valence-electron chi connectivity index (χ1n) is 8.93. The van der Waals surface area contributed by atoms with Crippen LogP contribution < -0.4 is 10.3 Å². The number of hydrogen-bond acceptors (Lipinski definition) is 4. The van der Waals surface area contributed by atoms with Crippen LogP contribution in [0.3, 0.4) is 0 Å². The second-order valence-electron chi connectivity index (χ2n) is 6.66. The van der Waals surface area contributed by atoms with Crippen LogP contribution in [0.4, 0.5) is 18.9 Å². The number of fused-ring (bicyclic) bond motifs is 1. The molecule has 0 spiro atoms. The molecule has 158 valence electrons. The molecule has 1 heterocycles. The number of aryl methyl sites for hydroxylation is 1.